The van der Waals surface area contributed by atoms with Crippen LogP contribution in [0.4, 0.5) is 4.79 Å². The van der Waals surface area contributed by atoms with E-state index in [1.807, 2.05) is 0 Å². The molecule has 2 N–H and O–H groups in total. The lowest BCUT2D eigenvalue weighted by Gasteiger charge is -2.16. The summed E-state index contributed by atoms with van der Waals surface area (Å²) < 4.78 is 10.1. The predicted octanol–water partition coefficient (Wildman–Crippen LogP) is 2.01. The highest BCUT2D eigenvalue weighted by atomic mass is 16.5. The first-order valence-corrected chi connectivity index (χ1v) is 7.96. The first-order valence-electron chi connectivity index (χ1n) is 7.96. The highest BCUT2D eigenvalue weighted by molar-refractivity contribution is 5.96. The molecule has 0 spiro atoms. The maximum Gasteiger partial charge on any atom is 0.337 e. The Morgan fingerprint density at radius 1 is 1.21 bits per heavy atom. The van der Waals surface area contributed by atoms with Crippen LogP contribution in [-0.2, 0) is 9.53 Å². The Bertz CT molecular complexity index is 611. The van der Waals surface area contributed by atoms with Crippen molar-refractivity contribution in [2.75, 3.05) is 7.11 Å². The van der Waals surface area contributed by atoms with E-state index in [0.29, 0.717) is 11.3 Å². The third kappa shape index (κ3) is 4.97. The molecule has 2 rings (SSSR count). The maximum atomic E-state index is 12.0. The number of carbonyl (C=O) groups excluding carboxylic acids is 3. The van der Waals surface area contributed by atoms with Gasteiger partial charge < -0.3 is 14.8 Å². The van der Waals surface area contributed by atoms with Gasteiger partial charge >= 0.3 is 12.0 Å². The molecular formula is C17H22N2O5. The maximum absolute atomic E-state index is 12.0. The van der Waals surface area contributed by atoms with Crippen molar-refractivity contribution in [1.29, 1.82) is 0 Å². The Morgan fingerprint density at radius 2 is 1.92 bits per heavy atom. The van der Waals surface area contributed by atoms with Crippen molar-refractivity contribution in [3.63, 3.8) is 0 Å². The number of imide groups is 1. The topological polar surface area (TPSA) is 93.7 Å². The fourth-order valence-corrected chi connectivity index (χ4v) is 2.58. The van der Waals surface area contributed by atoms with E-state index < -0.39 is 24.0 Å². The van der Waals surface area contributed by atoms with Crippen LogP contribution in [0, 0.1) is 0 Å². The third-order valence-corrected chi connectivity index (χ3v) is 3.86. The zero-order valence-corrected chi connectivity index (χ0v) is 13.8. The summed E-state index contributed by atoms with van der Waals surface area (Å²) in [5, 5.41) is 5.04. The van der Waals surface area contributed by atoms with Crippen LogP contribution in [0.15, 0.2) is 24.3 Å². The summed E-state index contributed by atoms with van der Waals surface area (Å²) in [6, 6.07) is 5.93. The largest absolute Gasteiger partial charge is 0.481 e. The summed E-state index contributed by atoms with van der Waals surface area (Å²) in [7, 11) is 1.29. The Kier molecular flexibility index (Phi) is 6.17. The van der Waals surface area contributed by atoms with Crippen LogP contribution in [0.5, 0.6) is 5.75 Å². The molecule has 1 atom stereocenters. The molecule has 0 aliphatic heterocycles. The van der Waals surface area contributed by atoms with Crippen molar-refractivity contribution >= 4 is 17.9 Å². The van der Waals surface area contributed by atoms with Crippen LogP contribution in [-0.4, -0.2) is 37.2 Å². The van der Waals surface area contributed by atoms with Gasteiger partial charge in [0.15, 0.2) is 6.10 Å². The molecule has 0 saturated heterocycles. The summed E-state index contributed by atoms with van der Waals surface area (Å²) in [6.45, 7) is 1.53. The number of hydrogen-bond acceptors (Lipinski definition) is 5. The lowest BCUT2D eigenvalue weighted by atomic mass is 10.2. The highest BCUT2D eigenvalue weighted by Crippen LogP contribution is 2.17. The lowest BCUT2D eigenvalue weighted by Crippen LogP contribution is -2.47. The predicted molar refractivity (Wildman–Crippen MR) is 86.8 cm³/mol. The number of esters is 1. The summed E-state index contributed by atoms with van der Waals surface area (Å²) in [5.41, 5.74) is 0.321. The molecule has 0 heterocycles. The van der Waals surface area contributed by atoms with Crippen molar-refractivity contribution in [2.24, 2.45) is 0 Å². The van der Waals surface area contributed by atoms with Crippen LogP contribution >= 0.6 is 0 Å². The number of hydrogen-bond donors (Lipinski definition) is 2. The fraction of sp³-hybridized carbons (Fsp3) is 0.471. The van der Waals surface area contributed by atoms with E-state index in [4.69, 9.17) is 4.74 Å². The molecule has 0 unspecified atom stereocenters. The first-order chi connectivity index (χ1) is 11.5. The number of urea groups is 1. The molecule has 0 radical (unpaired) electrons. The molecule has 0 bridgehead atoms. The van der Waals surface area contributed by atoms with Crippen molar-refractivity contribution in [2.45, 2.75) is 44.8 Å². The smallest absolute Gasteiger partial charge is 0.337 e. The van der Waals surface area contributed by atoms with Gasteiger partial charge in [0.2, 0.25) is 0 Å². The number of methoxy groups -OCH3 is 1. The molecule has 1 saturated carbocycles. The number of rotatable bonds is 5. The van der Waals surface area contributed by atoms with Crippen LogP contribution in [0.1, 0.15) is 43.0 Å². The van der Waals surface area contributed by atoms with Crippen LogP contribution in [0.2, 0.25) is 0 Å². The number of benzene rings is 1. The molecule has 0 aromatic heterocycles. The minimum Gasteiger partial charge on any atom is -0.481 e. The van der Waals surface area contributed by atoms with E-state index >= 15 is 0 Å². The zero-order chi connectivity index (χ0) is 17.5. The van der Waals surface area contributed by atoms with Crippen molar-refractivity contribution in [3.05, 3.63) is 29.8 Å². The van der Waals surface area contributed by atoms with E-state index in [-0.39, 0.29) is 6.04 Å². The summed E-state index contributed by atoms with van der Waals surface area (Å²) in [4.78, 5) is 35.3. The molecule has 3 amide bonds. The molecule has 1 aromatic carbocycles. The van der Waals surface area contributed by atoms with E-state index in [2.05, 4.69) is 15.4 Å². The van der Waals surface area contributed by atoms with Crippen LogP contribution in [0.3, 0.4) is 0 Å². The van der Waals surface area contributed by atoms with Gasteiger partial charge in [-0.15, -0.1) is 0 Å². The standard InChI is InChI=1S/C17H22N2O5/c1-11(15(20)19-17(22)18-13-7-3-4-8-13)24-14-9-5-6-12(10-14)16(21)23-2/h5-6,9-11,13H,3-4,7-8H2,1-2H3,(H2,18,19,20,22)/t11-/m1/s1. The van der Waals surface area contributed by atoms with E-state index in [1.54, 1.807) is 18.2 Å². The monoisotopic (exact) mass is 334 g/mol. The fourth-order valence-electron chi connectivity index (χ4n) is 2.58. The van der Waals surface area contributed by atoms with Crippen LogP contribution in [0.25, 0.3) is 0 Å². The van der Waals surface area contributed by atoms with Gasteiger partial charge in [-0.2, -0.15) is 0 Å². The van der Waals surface area contributed by atoms with E-state index in [1.165, 1.54) is 20.1 Å². The lowest BCUT2D eigenvalue weighted by molar-refractivity contribution is -0.126. The highest BCUT2D eigenvalue weighted by Gasteiger charge is 2.21. The first kappa shape index (κ1) is 17.8. The van der Waals surface area contributed by atoms with E-state index in [0.717, 1.165) is 25.7 Å². The number of carbonyl (C=O) groups is 3. The van der Waals surface area contributed by atoms with Gasteiger partial charge in [-0.25, -0.2) is 9.59 Å². The van der Waals surface area contributed by atoms with E-state index in [9.17, 15) is 14.4 Å². The van der Waals surface area contributed by atoms with Gasteiger partial charge in [0.05, 0.1) is 12.7 Å². The Morgan fingerprint density at radius 3 is 2.58 bits per heavy atom. The molecule has 1 fully saturated rings. The molecule has 1 aliphatic carbocycles. The average Bonchev–Trinajstić information content (AvgIpc) is 3.06. The quantitative estimate of drug-likeness (QED) is 0.803. The van der Waals surface area contributed by atoms with Gasteiger partial charge in [0.1, 0.15) is 5.75 Å². The van der Waals surface area contributed by atoms with Crippen molar-refractivity contribution in [1.82, 2.24) is 10.6 Å². The Hall–Kier alpha value is -2.57. The Labute approximate surface area is 140 Å². The zero-order valence-electron chi connectivity index (χ0n) is 13.8. The Balaban J connectivity index is 1.86. The molecule has 7 heteroatoms. The minimum atomic E-state index is -0.882. The molecule has 130 valence electrons. The molecule has 1 aliphatic rings. The van der Waals surface area contributed by atoms with Gasteiger partial charge in [-0.1, -0.05) is 18.9 Å². The van der Waals surface area contributed by atoms with Gasteiger partial charge in [0, 0.05) is 6.04 Å². The number of ether oxygens (including phenoxy) is 2. The SMILES string of the molecule is COC(=O)c1cccc(O[C@H](C)C(=O)NC(=O)NC2CCCC2)c1. The summed E-state index contributed by atoms with van der Waals surface area (Å²) in [6.07, 6.45) is 3.18. The second kappa shape index (κ2) is 8.33. The van der Waals surface area contributed by atoms with Gasteiger partial charge in [-0.3, -0.25) is 10.1 Å². The average molecular weight is 334 g/mol. The van der Waals surface area contributed by atoms with Gasteiger partial charge in [-0.05, 0) is 38.0 Å². The summed E-state index contributed by atoms with van der Waals surface area (Å²) >= 11 is 0. The second-order valence-electron chi connectivity index (χ2n) is 5.72. The van der Waals surface area contributed by atoms with Crippen LogP contribution < -0.4 is 15.4 Å². The van der Waals surface area contributed by atoms with Crippen molar-refractivity contribution < 1.29 is 23.9 Å². The minimum absolute atomic E-state index is 0.130. The molecular weight excluding hydrogens is 312 g/mol. The van der Waals surface area contributed by atoms with Crippen molar-refractivity contribution in [3.8, 4) is 5.75 Å². The summed E-state index contributed by atoms with van der Waals surface area (Å²) in [5.74, 6) is -0.695. The number of amides is 3. The molecule has 1 aromatic rings. The number of nitrogens with one attached hydrogen (secondary N) is 2. The normalized spacial score (nSPS) is 15.4. The molecule has 24 heavy (non-hydrogen) atoms. The second-order valence-corrected chi connectivity index (χ2v) is 5.72. The molecule has 7 nitrogen and oxygen atoms in total. The van der Waals surface area contributed by atoms with Gasteiger partial charge in [0.25, 0.3) is 5.91 Å². The third-order valence-electron chi connectivity index (χ3n) is 3.86.